The lowest BCUT2D eigenvalue weighted by Crippen LogP contribution is -2.11. The van der Waals surface area contributed by atoms with Crippen LogP contribution in [0.25, 0.3) is 11.3 Å². The Balaban J connectivity index is 1.78. The lowest BCUT2D eigenvalue weighted by Gasteiger charge is -2.05. The molecule has 31 heavy (non-hydrogen) atoms. The second-order valence-electron chi connectivity index (χ2n) is 7.14. The maximum Gasteiger partial charge on any atom is 0.269 e. The Morgan fingerprint density at radius 2 is 1.84 bits per heavy atom. The molecule has 2 aromatic carbocycles. The predicted octanol–water partition coefficient (Wildman–Crippen LogP) is 5.96. The molecule has 0 atom stereocenters. The van der Waals surface area contributed by atoms with E-state index in [1.807, 2.05) is 23.6 Å². The van der Waals surface area contributed by atoms with Gasteiger partial charge in [0.25, 0.3) is 5.69 Å². The second-order valence-corrected chi connectivity index (χ2v) is 7.97. The first-order valence-electron chi connectivity index (χ1n) is 9.69. The number of nitro benzene ring substituents is 1. The van der Waals surface area contributed by atoms with Crippen molar-refractivity contribution in [2.24, 2.45) is 10.1 Å². The van der Waals surface area contributed by atoms with Crippen molar-refractivity contribution in [1.29, 1.82) is 0 Å². The average molecular weight is 433 g/mol. The molecule has 0 spiro atoms. The van der Waals surface area contributed by atoms with Crippen LogP contribution in [0, 0.1) is 10.1 Å². The SMILES string of the molecule is CC(C)c1ccc(N=c2scc(-c3ccc([N+](=O)[O-])cc3)n2N=Cc2ccco2)cc1. The molecule has 7 nitrogen and oxygen atoms in total. The number of thiazole rings is 1. The van der Waals surface area contributed by atoms with E-state index < -0.39 is 4.92 Å². The Morgan fingerprint density at radius 1 is 1.10 bits per heavy atom. The first-order valence-corrected chi connectivity index (χ1v) is 10.6. The fraction of sp³-hybridized carbons (Fsp3) is 0.130. The van der Waals surface area contributed by atoms with E-state index in [4.69, 9.17) is 9.41 Å². The topological polar surface area (TPSA) is 85.9 Å². The molecule has 0 aliphatic heterocycles. The number of furan rings is 1. The Hall–Kier alpha value is -3.78. The van der Waals surface area contributed by atoms with Crippen LogP contribution in [0.1, 0.15) is 31.1 Å². The highest BCUT2D eigenvalue weighted by molar-refractivity contribution is 7.07. The molecule has 0 aliphatic carbocycles. The minimum absolute atomic E-state index is 0.0415. The van der Waals surface area contributed by atoms with Gasteiger partial charge in [-0.3, -0.25) is 10.1 Å². The number of hydrogen-bond acceptors (Lipinski definition) is 6. The van der Waals surface area contributed by atoms with Gasteiger partial charge in [-0.1, -0.05) is 26.0 Å². The van der Waals surface area contributed by atoms with Crippen LogP contribution < -0.4 is 4.80 Å². The van der Waals surface area contributed by atoms with E-state index in [1.54, 1.807) is 35.4 Å². The van der Waals surface area contributed by atoms with Crippen LogP contribution in [0.2, 0.25) is 0 Å². The van der Waals surface area contributed by atoms with Gasteiger partial charge in [0.1, 0.15) is 5.76 Å². The number of benzene rings is 2. The summed E-state index contributed by atoms with van der Waals surface area (Å²) in [5.41, 5.74) is 3.69. The summed E-state index contributed by atoms with van der Waals surface area (Å²) in [7, 11) is 0. The van der Waals surface area contributed by atoms with Gasteiger partial charge in [-0.05, 0) is 47.9 Å². The Kier molecular flexibility index (Phi) is 5.90. The van der Waals surface area contributed by atoms with Gasteiger partial charge in [0.2, 0.25) is 4.80 Å². The standard InChI is InChI=1S/C23H20N4O3S/c1-16(2)17-5-9-19(10-6-17)25-23-26(24-14-21-4-3-13-30-21)22(15-31-23)18-7-11-20(12-8-18)27(28)29/h3-16H,1-2H3. The quantitative estimate of drug-likeness (QED) is 0.214. The summed E-state index contributed by atoms with van der Waals surface area (Å²) in [6, 6.07) is 18.1. The van der Waals surface area contributed by atoms with E-state index in [2.05, 4.69) is 31.1 Å². The third-order valence-electron chi connectivity index (χ3n) is 4.69. The monoisotopic (exact) mass is 432 g/mol. The van der Waals surface area contributed by atoms with Gasteiger partial charge in [-0.25, -0.2) is 9.67 Å². The highest BCUT2D eigenvalue weighted by Crippen LogP contribution is 2.24. The van der Waals surface area contributed by atoms with Crippen LogP contribution in [0.15, 0.2) is 86.8 Å². The third kappa shape index (κ3) is 4.70. The Labute approximate surface area is 182 Å². The zero-order valence-electron chi connectivity index (χ0n) is 17.0. The van der Waals surface area contributed by atoms with Gasteiger partial charge in [-0.2, -0.15) is 5.10 Å². The number of non-ortho nitro benzene ring substituents is 1. The average Bonchev–Trinajstić information content (AvgIpc) is 3.42. The molecule has 0 saturated heterocycles. The maximum atomic E-state index is 11.0. The summed E-state index contributed by atoms with van der Waals surface area (Å²) in [5, 5.41) is 17.5. The van der Waals surface area contributed by atoms with Gasteiger partial charge < -0.3 is 4.42 Å². The van der Waals surface area contributed by atoms with Crippen LogP contribution in [-0.4, -0.2) is 15.8 Å². The largest absolute Gasteiger partial charge is 0.463 e. The van der Waals surface area contributed by atoms with Crippen LogP contribution in [0.3, 0.4) is 0 Å². The number of hydrogen-bond donors (Lipinski definition) is 0. The summed E-state index contributed by atoms with van der Waals surface area (Å²) in [5.74, 6) is 1.06. The highest BCUT2D eigenvalue weighted by Gasteiger charge is 2.11. The molecule has 0 unspecified atom stereocenters. The minimum atomic E-state index is -0.415. The lowest BCUT2D eigenvalue weighted by molar-refractivity contribution is -0.384. The molecular formula is C23H20N4O3S. The maximum absolute atomic E-state index is 11.0. The molecule has 0 saturated carbocycles. The normalized spacial score (nSPS) is 12.2. The smallest absolute Gasteiger partial charge is 0.269 e. The van der Waals surface area contributed by atoms with Gasteiger partial charge in [-0.15, -0.1) is 11.3 Å². The van der Waals surface area contributed by atoms with Crippen molar-refractivity contribution in [2.45, 2.75) is 19.8 Å². The van der Waals surface area contributed by atoms with E-state index in [0.29, 0.717) is 16.5 Å². The zero-order valence-corrected chi connectivity index (χ0v) is 17.8. The van der Waals surface area contributed by atoms with E-state index in [9.17, 15) is 10.1 Å². The lowest BCUT2D eigenvalue weighted by atomic mass is 10.0. The molecular weight excluding hydrogens is 412 g/mol. The molecule has 2 aromatic heterocycles. The van der Waals surface area contributed by atoms with Gasteiger partial charge >= 0.3 is 0 Å². The number of nitrogens with zero attached hydrogens (tertiary/aromatic N) is 4. The van der Waals surface area contributed by atoms with Crippen molar-refractivity contribution in [3.63, 3.8) is 0 Å². The molecule has 4 aromatic rings. The fourth-order valence-electron chi connectivity index (χ4n) is 2.96. The molecule has 0 amide bonds. The molecule has 156 valence electrons. The van der Waals surface area contributed by atoms with Crippen LogP contribution in [0.4, 0.5) is 11.4 Å². The predicted molar refractivity (Wildman–Crippen MR) is 122 cm³/mol. The molecule has 0 bridgehead atoms. The summed E-state index contributed by atoms with van der Waals surface area (Å²) in [6.45, 7) is 4.30. The summed E-state index contributed by atoms with van der Waals surface area (Å²) < 4.78 is 7.06. The van der Waals surface area contributed by atoms with E-state index in [0.717, 1.165) is 16.9 Å². The number of nitro groups is 1. The van der Waals surface area contributed by atoms with Gasteiger partial charge in [0.15, 0.2) is 0 Å². The molecule has 8 heteroatoms. The van der Waals surface area contributed by atoms with Crippen LogP contribution >= 0.6 is 11.3 Å². The van der Waals surface area contributed by atoms with E-state index >= 15 is 0 Å². The summed E-state index contributed by atoms with van der Waals surface area (Å²) in [6.07, 6.45) is 3.20. The molecule has 0 aliphatic rings. The molecule has 0 radical (unpaired) electrons. The van der Waals surface area contributed by atoms with Crippen LogP contribution in [0.5, 0.6) is 0 Å². The third-order valence-corrected chi connectivity index (χ3v) is 5.50. The Bertz CT molecular complexity index is 1270. The van der Waals surface area contributed by atoms with E-state index in [1.165, 1.54) is 29.0 Å². The van der Waals surface area contributed by atoms with E-state index in [-0.39, 0.29) is 5.69 Å². The van der Waals surface area contributed by atoms with Crippen molar-refractivity contribution in [1.82, 2.24) is 4.68 Å². The van der Waals surface area contributed by atoms with Crippen molar-refractivity contribution < 1.29 is 9.34 Å². The first kappa shape index (κ1) is 20.5. The molecule has 0 N–H and O–H groups in total. The molecule has 2 heterocycles. The van der Waals surface area contributed by atoms with Gasteiger partial charge in [0.05, 0.1) is 28.8 Å². The minimum Gasteiger partial charge on any atom is -0.463 e. The summed E-state index contributed by atoms with van der Waals surface area (Å²) >= 11 is 1.44. The van der Waals surface area contributed by atoms with Crippen molar-refractivity contribution in [2.75, 3.05) is 0 Å². The van der Waals surface area contributed by atoms with Crippen molar-refractivity contribution in [3.8, 4) is 11.3 Å². The van der Waals surface area contributed by atoms with Crippen molar-refractivity contribution in [3.05, 3.63) is 98.5 Å². The first-order chi connectivity index (χ1) is 15.0. The second kappa shape index (κ2) is 8.93. The number of aromatic nitrogens is 1. The molecule has 4 rings (SSSR count). The summed E-state index contributed by atoms with van der Waals surface area (Å²) in [4.78, 5) is 16.0. The van der Waals surface area contributed by atoms with Crippen molar-refractivity contribution >= 4 is 28.9 Å². The van der Waals surface area contributed by atoms with Gasteiger partial charge in [0, 0.05) is 23.1 Å². The van der Waals surface area contributed by atoms with Crippen LogP contribution in [-0.2, 0) is 0 Å². The zero-order chi connectivity index (χ0) is 21.8. The fourth-order valence-corrected chi connectivity index (χ4v) is 3.82. The molecule has 0 fully saturated rings. The highest BCUT2D eigenvalue weighted by atomic mass is 32.1. The Morgan fingerprint density at radius 3 is 2.45 bits per heavy atom. The number of rotatable bonds is 6.